The van der Waals surface area contributed by atoms with Crippen LogP contribution in [-0.4, -0.2) is 28.5 Å². The van der Waals surface area contributed by atoms with Gasteiger partial charge in [0.15, 0.2) is 17.3 Å². The van der Waals surface area contributed by atoms with Gasteiger partial charge < -0.3 is 13.9 Å². The average Bonchev–Trinajstić information content (AvgIpc) is 3.44. The number of ether oxygens (including phenoxy) is 2. The van der Waals surface area contributed by atoms with Gasteiger partial charge in [-0.05, 0) is 74.0 Å². The molecule has 37 heavy (non-hydrogen) atoms. The molecule has 5 rings (SSSR count). The molecule has 0 saturated heterocycles. The Morgan fingerprint density at radius 3 is 2.68 bits per heavy atom. The number of furan rings is 1. The molecular weight excluding hydrogens is 470 g/mol. The van der Waals surface area contributed by atoms with Crippen LogP contribution in [0.3, 0.4) is 0 Å². The highest BCUT2D eigenvalue weighted by Gasteiger charge is 2.16. The summed E-state index contributed by atoms with van der Waals surface area (Å²) in [6.07, 6.45) is 3.02. The summed E-state index contributed by atoms with van der Waals surface area (Å²) in [5, 5.41) is 4.86. The predicted octanol–water partition coefficient (Wildman–Crippen LogP) is 5.47. The van der Waals surface area contributed by atoms with Crippen molar-refractivity contribution in [3.8, 4) is 23.1 Å². The monoisotopic (exact) mass is 493 g/mol. The van der Waals surface area contributed by atoms with Gasteiger partial charge in [-0.2, -0.15) is 9.78 Å². The van der Waals surface area contributed by atoms with Crippen LogP contribution in [0.1, 0.15) is 28.4 Å². The van der Waals surface area contributed by atoms with Gasteiger partial charge in [0.1, 0.15) is 0 Å². The minimum absolute atomic E-state index is 0.277. The van der Waals surface area contributed by atoms with Crippen molar-refractivity contribution in [1.29, 1.82) is 0 Å². The van der Waals surface area contributed by atoms with Crippen LogP contribution < -0.4 is 15.0 Å². The maximum Gasteiger partial charge on any atom is 0.343 e. The van der Waals surface area contributed by atoms with Crippen molar-refractivity contribution in [2.45, 2.75) is 13.8 Å². The molecule has 0 unspecified atom stereocenters. The van der Waals surface area contributed by atoms with Gasteiger partial charge >= 0.3 is 5.97 Å². The highest BCUT2D eigenvalue weighted by atomic mass is 16.6. The van der Waals surface area contributed by atoms with Gasteiger partial charge in [0, 0.05) is 0 Å². The number of esters is 1. The van der Waals surface area contributed by atoms with Crippen LogP contribution in [-0.2, 0) is 0 Å². The number of carbonyl (C=O) groups excluding carboxylic acids is 1. The van der Waals surface area contributed by atoms with Gasteiger partial charge in [-0.25, -0.2) is 9.78 Å². The molecule has 3 aromatic carbocycles. The zero-order chi connectivity index (χ0) is 25.8. The first-order valence-corrected chi connectivity index (χ1v) is 11.7. The van der Waals surface area contributed by atoms with E-state index in [4.69, 9.17) is 13.9 Å². The molecule has 2 aromatic heterocycles. The summed E-state index contributed by atoms with van der Waals surface area (Å²) in [4.78, 5) is 30.5. The number of aryl methyl sites for hydroxylation is 1. The third kappa shape index (κ3) is 5.04. The molecule has 0 saturated carbocycles. The lowest BCUT2D eigenvalue weighted by atomic mass is 10.1. The Balaban J connectivity index is 1.50. The van der Waals surface area contributed by atoms with E-state index < -0.39 is 5.97 Å². The molecule has 0 atom stereocenters. The summed E-state index contributed by atoms with van der Waals surface area (Å²) in [6, 6.07) is 22.7. The molecule has 8 nitrogen and oxygen atoms in total. The summed E-state index contributed by atoms with van der Waals surface area (Å²) in [5.74, 6) is 0.865. The normalized spacial score (nSPS) is 11.2. The Labute approximate surface area is 212 Å². The van der Waals surface area contributed by atoms with Crippen molar-refractivity contribution in [2.75, 3.05) is 6.61 Å². The number of rotatable bonds is 7. The predicted molar refractivity (Wildman–Crippen MR) is 140 cm³/mol. The molecule has 0 spiro atoms. The van der Waals surface area contributed by atoms with E-state index >= 15 is 0 Å². The molecule has 0 aliphatic rings. The van der Waals surface area contributed by atoms with Crippen LogP contribution in [0.5, 0.6) is 11.5 Å². The Kier molecular flexibility index (Phi) is 6.63. The molecule has 2 heterocycles. The number of fused-ring (bicyclic) bond motifs is 1. The topological polar surface area (TPSA) is 95.9 Å². The lowest BCUT2D eigenvalue weighted by Crippen LogP contribution is -2.20. The molecule has 0 amide bonds. The lowest BCUT2D eigenvalue weighted by molar-refractivity contribution is 0.0728. The number of para-hydroxylation sites is 1. The molecule has 0 aliphatic carbocycles. The highest BCUT2D eigenvalue weighted by molar-refractivity contribution is 5.92. The Morgan fingerprint density at radius 2 is 1.89 bits per heavy atom. The summed E-state index contributed by atoms with van der Waals surface area (Å²) in [5.41, 5.74) is 2.25. The van der Waals surface area contributed by atoms with E-state index in [-0.39, 0.29) is 17.1 Å². The van der Waals surface area contributed by atoms with Crippen molar-refractivity contribution in [3.63, 3.8) is 0 Å². The molecule has 0 fully saturated rings. The van der Waals surface area contributed by atoms with Crippen LogP contribution in [0.4, 0.5) is 0 Å². The fourth-order valence-corrected chi connectivity index (χ4v) is 3.81. The zero-order valence-electron chi connectivity index (χ0n) is 20.3. The summed E-state index contributed by atoms with van der Waals surface area (Å²) in [6.45, 7) is 4.11. The summed E-state index contributed by atoms with van der Waals surface area (Å²) in [7, 11) is 0. The molecular formula is C29H23N3O5. The average molecular weight is 494 g/mol. The first-order chi connectivity index (χ1) is 18.0. The number of nitrogens with zero attached hydrogens (tertiary/aromatic N) is 3. The van der Waals surface area contributed by atoms with Gasteiger partial charge in [-0.1, -0.05) is 29.8 Å². The Morgan fingerprint density at radius 1 is 1.03 bits per heavy atom. The summed E-state index contributed by atoms with van der Waals surface area (Å²) < 4.78 is 18.0. The molecule has 5 aromatic rings. The van der Waals surface area contributed by atoms with Crippen molar-refractivity contribution in [3.05, 3.63) is 112 Å². The van der Waals surface area contributed by atoms with Crippen molar-refractivity contribution >= 4 is 23.1 Å². The fraction of sp³-hybridized carbons (Fsp3) is 0.103. The van der Waals surface area contributed by atoms with Gasteiger partial charge in [-0.3, -0.25) is 4.79 Å². The van der Waals surface area contributed by atoms with Gasteiger partial charge in [0.2, 0.25) is 5.82 Å². The molecule has 0 bridgehead atoms. The number of carbonyl (C=O) groups is 1. The number of hydrogen-bond donors (Lipinski definition) is 0. The van der Waals surface area contributed by atoms with Crippen LogP contribution in [0.2, 0.25) is 0 Å². The van der Waals surface area contributed by atoms with E-state index in [0.29, 0.717) is 40.1 Å². The summed E-state index contributed by atoms with van der Waals surface area (Å²) >= 11 is 0. The van der Waals surface area contributed by atoms with Gasteiger partial charge in [-0.15, -0.1) is 0 Å². The minimum Gasteiger partial charge on any atom is -0.490 e. The molecule has 0 aliphatic heterocycles. The zero-order valence-corrected chi connectivity index (χ0v) is 20.3. The standard InChI is InChI=1S/C29H23N3O5/c1-3-35-26-17-20(13-14-24(26)37-29(34)21-9-6-8-19(2)16-21)18-30-32-27(25-12-7-15-36-25)31-23-11-5-4-10-22(23)28(32)33/h4-18H,3H2,1-2H3. The fourth-order valence-electron chi connectivity index (χ4n) is 3.81. The molecule has 0 N–H and O–H groups in total. The van der Waals surface area contributed by atoms with Gasteiger partial charge in [0.25, 0.3) is 5.56 Å². The molecule has 0 radical (unpaired) electrons. The Bertz CT molecular complexity index is 1670. The maximum absolute atomic E-state index is 13.3. The third-order valence-electron chi connectivity index (χ3n) is 5.54. The quantitative estimate of drug-likeness (QED) is 0.170. The SMILES string of the molecule is CCOc1cc(C=Nn2c(-c3ccco3)nc3ccccc3c2=O)ccc1OC(=O)c1cccc(C)c1. The number of benzene rings is 3. The smallest absolute Gasteiger partial charge is 0.343 e. The number of aromatic nitrogens is 2. The van der Waals surface area contributed by atoms with E-state index in [9.17, 15) is 9.59 Å². The second kappa shape index (κ2) is 10.3. The van der Waals surface area contributed by atoms with Crippen LogP contribution in [0, 0.1) is 6.92 Å². The van der Waals surface area contributed by atoms with Gasteiger partial charge in [0.05, 0.1) is 35.6 Å². The van der Waals surface area contributed by atoms with E-state index in [1.165, 1.54) is 17.2 Å². The second-order valence-corrected chi connectivity index (χ2v) is 8.19. The largest absolute Gasteiger partial charge is 0.490 e. The van der Waals surface area contributed by atoms with Crippen LogP contribution in [0.15, 0.2) is 99.4 Å². The lowest BCUT2D eigenvalue weighted by Gasteiger charge is -2.12. The van der Waals surface area contributed by atoms with Crippen LogP contribution >= 0.6 is 0 Å². The van der Waals surface area contributed by atoms with Crippen molar-refractivity contribution in [2.24, 2.45) is 5.10 Å². The van der Waals surface area contributed by atoms with Crippen molar-refractivity contribution in [1.82, 2.24) is 9.66 Å². The first kappa shape index (κ1) is 23.7. The molecule has 8 heteroatoms. The third-order valence-corrected chi connectivity index (χ3v) is 5.54. The minimum atomic E-state index is -0.483. The highest BCUT2D eigenvalue weighted by Crippen LogP contribution is 2.29. The second-order valence-electron chi connectivity index (χ2n) is 8.19. The van der Waals surface area contributed by atoms with E-state index in [2.05, 4.69) is 10.1 Å². The van der Waals surface area contributed by atoms with Crippen molar-refractivity contribution < 1.29 is 18.7 Å². The van der Waals surface area contributed by atoms with Crippen LogP contribution in [0.25, 0.3) is 22.5 Å². The first-order valence-electron chi connectivity index (χ1n) is 11.7. The van der Waals surface area contributed by atoms with E-state index in [1.54, 1.807) is 66.7 Å². The van der Waals surface area contributed by atoms with E-state index in [0.717, 1.165) is 5.56 Å². The Hall–Kier alpha value is -4.98. The maximum atomic E-state index is 13.3. The number of hydrogen-bond acceptors (Lipinski definition) is 7. The molecule has 184 valence electrons. The van der Waals surface area contributed by atoms with E-state index in [1.807, 2.05) is 26.0 Å².